The summed E-state index contributed by atoms with van der Waals surface area (Å²) in [5, 5.41) is 12.9. The van der Waals surface area contributed by atoms with Gasteiger partial charge >= 0.3 is 6.03 Å². The fourth-order valence-electron chi connectivity index (χ4n) is 8.20. The molecule has 16 heteroatoms. The zero-order valence-electron chi connectivity index (χ0n) is 34.7. The number of fused-ring (bicyclic) bond motifs is 1. The number of anilines is 3. The molecule has 1 unspecified atom stereocenters. The van der Waals surface area contributed by atoms with Crippen LogP contribution >= 0.6 is 0 Å². The lowest BCUT2D eigenvalue weighted by Crippen LogP contribution is -2.47. The summed E-state index contributed by atoms with van der Waals surface area (Å²) in [5.41, 5.74) is 5.54. The summed E-state index contributed by atoms with van der Waals surface area (Å²) in [4.78, 5) is 43.8. The Hall–Kier alpha value is -6.46. The predicted molar refractivity (Wildman–Crippen MR) is 241 cm³/mol. The van der Waals surface area contributed by atoms with Gasteiger partial charge in [-0.15, -0.1) is 0 Å². The van der Waals surface area contributed by atoms with Crippen LogP contribution in [0.3, 0.4) is 0 Å². The Morgan fingerprint density at radius 2 is 1.52 bits per heavy atom. The molecule has 0 saturated carbocycles. The lowest BCUT2D eigenvalue weighted by atomic mass is 9.99. The molecule has 2 aliphatic rings. The van der Waals surface area contributed by atoms with Gasteiger partial charge in [0.2, 0.25) is 0 Å². The topological polar surface area (TPSA) is 158 Å². The molecule has 0 bridgehead atoms. The van der Waals surface area contributed by atoms with Gasteiger partial charge in [0.15, 0.2) is 5.82 Å². The molecule has 0 radical (unpaired) electrons. The third kappa shape index (κ3) is 9.38. The summed E-state index contributed by atoms with van der Waals surface area (Å²) >= 11 is 0. The molecule has 2 fully saturated rings. The maximum Gasteiger partial charge on any atom is 0.324 e. The first-order valence-corrected chi connectivity index (χ1v) is 22.1. The van der Waals surface area contributed by atoms with E-state index >= 15 is 0 Å². The van der Waals surface area contributed by atoms with Gasteiger partial charge in [-0.25, -0.2) is 23.2 Å². The lowest BCUT2D eigenvalue weighted by Gasteiger charge is -2.36. The molecule has 1 N–H and O–H groups in total. The van der Waals surface area contributed by atoms with Crippen molar-refractivity contribution in [2.24, 2.45) is 0 Å². The number of piperazine rings is 1. The Bertz CT molecular complexity index is 2640. The van der Waals surface area contributed by atoms with Gasteiger partial charge in [-0.2, -0.15) is 0 Å². The van der Waals surface area contributed by atoms with Crippen LogP contribution in [-0.2, 0) is 21.3 Å². The number of sulfonamides is 1. The highest BCUT2D eigenvalue weighted by Gasteiger charge is 2.32. The molecule has 2 aliphatic heterocycles. The SMILES string of the molecule is CN(C(=O)N(C)C(CN1CCOCC1)c1ccccc1)c1ccc(S(=O)(=O)Nc2ncnc3cc(N4CCN(Cc5ccccc5-c5ccccc5)CC4)ccc23)cc1[N+](=O)[O-]. The molecule has 0 aliphatic carbocycles. The van der Waals surface area contributed by atoms with Crippen molar-refractivity contribution in [2.75, 3.05) is 87.6 Å². The molecule has 15 nitrogen and oxygen atoms in total. The van der Waals surface area contributed by atoms with Crippen LogP contribution in [-0.4, -0.2) is 117 Å². The van der Waals surface area contributed by atoms with Gasteiger partial charge in [-0.05, 0) is 52.6 Å². The standard InChI is InChI=1S/C46H49N9O6S/c1-50(46(56)51(2)44(35-13-7-4-8-14-35)32-53-25-27-61-28-26-53)42-20-18-38(30-43(42)55(57)58)62(59,60)49-45-40-19-17-37(29-41(40)47-33-48-45)54-23-21-52(22-24-54)31-36-15-9-10-16-39(36)34-11-5-3-6-12-34/h3-20,29-30,33,44H,21-28,31-32H2,1-2H3,(H,47,48,49). The lowest BCUT2D eigenvalue weighted by molar-refractivity contribution is -0.384. The number of nitro groups is 1. The highest BCUT2D eigenvalue weighted by atomic mass is 32.2. The van der Waals surface area contributed by atoms with Gasteiger partial charge < -0.3 is 14.5 Å². The van der Waals surface area contributed by atoms with Crippen LogP contribution in [0.5, 0.6) is 0 Å². The van der Waals surface area contributed by atoms with E-state index in [9.17, 15) is 23.3 Å². The summed E-state index contributed by atoms with van der Waals surface area (Å²) in [7, 11) is -1.28. The number of carbonyl (C=O) groups excluding carboxylic acids is 1. The molecular weight excluding hydrogens is 807 g/mol. The average molecular weight is 856 g/mol. The van der Waals surface area contributed by atoms with Gasteiger partial charge in [0.05, 0.1) is 34.6 Å². The molecule has 1 aromatic heterocycles. The third-order valence-corrected chi connectivity index (χ3v) is 13.0. The van der Waals surface area contributed by atoms with E-state index in [-0.39, 0.29) is 22.4 Å². The van der Waals surface area contributed by atoms with Gasteiger partial charge in [0, 0.05) is 83.6 Å². The van der Waals surface area contributed by atoms with Crippen LogP contribution in [0.25, 0.3) is 22.0 Å². The molecule has 320 valence electrons. The summed E-state index contributed by atoms with van der Waals surface area (Å²) < 4.78 is 35.7. The van der Waals surface area contributed by atoms with Crippen LogP contribution in [0.4, 0.5) is 27.7 Å². The fourth-order valence-corrected chi connectivity index (χ4v) is 9.25. The number of hydrogen-bond acceptors (Lipinski definition) is 11. The molecule has 62 heavy (non-hydrogen) atoms. The first-order valence-electron chi connectivity index (χ1n) is 20.6. The summed E-state index contributed by atoms with van der Waals surface area (Å²) in [6.07, 6.45) is 1.29. The number of hydrogen-bond donors (Lipinski definition) is 1. The number of aromatic nitrogens is 2. The van der Waals surface area contributed by atoms with Gasteiger partial charge in [-0.3, -0.25) is 29.5 Å². The number of likely N-dealkylation sites (N-methyl/N-ethyl adjacent to an activating group) is 1. The van der Waals surface area contributed by atoms with E-state index in [0.29, 0.717) is 43.8 Å². The largest absolute Gasteiger partial charge is 0.379 e. The molecular formula is C46H49N9O6S. The highest BCUT2D eigenvalue weighted by molar-refractivity contribution is 7.92. The van der Waals surface area contributed by atoms with Crippen molar-refractivity contribution >= 4 is 49.8 Å². The summed E-state index contributed by atoms with van der Waals surface area (Å²) in [6, 6.07) is 36.8. The number of morpholine rings is 1. The van der Waals surface area contributed by atoms with E-state index in [2.05, 4.69) is 77.9 Å². The molecule has 2 amide bonds. The molecule has 8 rings (SSSR count). The molecule has 3 heterocycles. The number of ether oxygens (including phenoxy) is 1. The highest BCUT2D eigenvalue weighted by Crippen LogP contribution is 2.34. The Morgan fingerprint density at radius 3 is 2.24 bits per heavy atom. The average Bonchev–Trinajstić information content (AvgIpc) is 3.31. The zero-order valence-corrected chi connectivity index (χ0v) is 35.5. The van der Waals surface area contributed by atoms with Crippen molar-refractivity contribution in [3.05, 3.63) is 149 Å². The first-order chi connectivity index (χ1) is 30.1. The van der Waals surface area contributed by atoms with Gasteiger partial charge in [0.1, 0.15) is 12.0 Å². The fraction of sp³-hybridized carbons (Fsp3) is 0.283. The molecule has 1 atom stereocenters. The number of nitrogens with zero attached hydrogens (tertiary/aromatic N) is 8. The van der Waals surface area contributed by atoms with Crippen molar-refractivity contribution in [3.8, 4) is 11.1 Å². The number of nitrogens with one attached hydrogen (secondary N) is 1. The second-order valence-corrected chi connectivity index (χ2v) is 17.2. The van der Waals surface area contributed by atoms with E-state index in [1.54, 1.807) is 18.0 Å². The van der Waals surface area contributed by atoms with Crippen LogP contribution in [0.2, 0.25) is 0 Å². The van der Waals surface area contributed by atoms with E-state index in [0.717, 1.165) is 50.0 Å². The first kappa shape index (κ1) is 42.2. The van der Waals surface area contributed by atoms with Crippen LogP contribution in [0, 0.1) is 10.1 Å². The predicted octanol–water partition coefficient (Wildman–Crippen LogP) is 6.89. The van der Waals surface area contributed by atoms with Crippen LogP contribution < -0.4 is 14.5 Å². The van der Waals surface area contributed by atoms with Crippen molar-refractivity contribution in [2.45, 2.75) is 17.5 Å². The Balaban J connectivity index is 0.954. The Labute approximate surface area is 361 Å². The van der Waals surface area contributed by atoms with Gasteiger partial charge in [0.25, 0.3) is 15.7 Å². The van der Waals surface area contributed by atoms with Gasteiger partial charge in [-0.1, -0.05) is 84.9 Å². The van der Waals surface area contributed by atoms with E-state index in [1.807, 2.05) is 48.5 Å². The number of carbonyl (C=O) groups is 1. The van der Waals surface area contributed by atoms with Crippen LogP contribution in [0.1, 0.15) is 17.2 Å². The monoisotopic (exact) mass is 855 g/mol. The molecule has 0 spiro atoms. The number of nitro benzene ring substituents is 1. The number of urea groups is 1. The quantitative estimate of drug-likeness (QED) is 0.0953. The number of benzene rings is 5. The minimum absolute atomic E-state index is 0.0383. The normalized spacial score (nSPS) is 15.5. The maximum absolute atomic E-state index is 14.0. The number of rotatable bonds is 13. The van der Waals surface area contributed by atoms with E-state index < -0.39 is 26.7 Å². The second kappa shape index (κ2) is 18.7. The number of amides is 2. The minimum Gasteiger partial charge on any atom is -0.379 e. The smallest absolute Gasteiger partial charge is 0.324 e. The Morgan fingerprint density at radius 1 is 0.823 bits per heavy atom. The van der Waals surface area contributed by atoms with E-state index in [4.69, 9.17) is 4.74 Å². The molecule has 5 aromatic carbocycles. The molecule has 2 saturated heterocycles. The van der Waals surface area contributed by atoms with Crippen LogP contribution in [0.15, 0.2) is 133 Å². The minimum atomic E-state index is -4.38. The summed E-state index contributed by atoms with van der Waals surface area (Å²) in [6.45, 7) is 7.33. The molecule has 6 aromatic rings. The van der Waals surface area contributed by atoms with Crippen molar-refractivity contribution in [1.29, 1.82) is 0 Å². The second-order valence-electron chi connectivity index (χ2n) is 15.5. The van der Waals surface area contributed by atoms with Crippen molar-refractivity contribution in [1.82, 2.24) is 24.7 Å². The maximum atomic E-state index is 14.0. The van der Waals surface area contributed by atoms with E-state index in [1.165, 1.54) is 47.1 Å². The zero-order chi connectivity index (χ0) is 43.2. The third-order valence-electron chi connectivity index (χ3n) is 11.7. The van der Waals surface area contributed by atoms with Crippen molar-refractivity contribution < 1.29 is 22.9 Å². The Kier molecular flexibility index (Phi) is 12.7. The van der Waals surface area contributed by atoms with Crippen molar-refractivity contribution in [3.63, 3.8) is 0 Å². The summed E-state index contributed by atoms with van der Waals surface area (Å²) in [5.74, 6) is 0.0383.